The second-order valence-electron chi connectivity index (χ2n) is 6.97. The zero-order chi connectivity index (χ0) is 19.8. The second kappa shape index (κ2) is 10.6. The molecule has 1 heterocycles. The predicted molar refractivity (Wildman–Crippen MR) is 112 cm³/mol. The highest BCUT2D eigenvalue weighted by atomic mass is 35.5. The Morgan fingerprint density at radius 2 is 1.96 bits per heavy atom. The van der Waals surface area contributed by atoms with E-state index >= 15 is 0 Å². The fraction of sp³-hybridized carbons (Fsp3) is 0.409. The number of ether oxygens (including phenoxy) is 1. The lowest BCUT2D eigenvalue weighted by atomic mass is 10.0. The van der Waals surface area contributed by atoms with Crippen molar-refractivity contribution in [2.24, 2.45) is 5.16 Å². The first-order valence-corrected chi connectivity index (χ1v) is 10.0. The molecule has 0 saturated heterocycles. The summed E-state index contributed by atoms with van der Waals surface area (Å²) in [6.45, 7) is 4.79. The number of hydrogen-bond acceptors (Lipinski definition) is 5. The summed E-state index contributed by atoms with van der Waals surface area (Å²) < 4.78 is 5.36. The number of nitrogens with zero attached hydrogens (tertiary/aromatic N) is 2. The minimum absolute atomic E-state index is 0.0475. The number of aliphatic hydroxyl groups is 1. The second-order valence-corrected chi connectivity index (χ2v) is 7.41. The molecule has 1 N–H and O–H groups in total. The highest BCUT2D eigenvalue weighted by Crippen LogP contribution is 2.20. The van der Waals surface area contributed by atoms with Crippen LogP contribution in [0.4, 0.5) is 0 Å². The van der Waals surface area contributed by atoms with Gasteiger partial charge in [0.2, 0.25) is 0 Å². The van der Waals surface area contributed by atoms with Crippen molar-refractivity contribution in [1.29, 1.82) is 0 Å². The first-order chi connectivity index (χ1) is 13.6. The summed E-state index contributed by atoms with van der Waals surface area (Å²) >= 11 is 5.97. The van der Waals surface area contributed by atoms with Gasteiger partial charge >= 0.3 is 0 Å². The van der Waals surface area contributed by atoms with Gasteiger partial charge in [0.25, 0.3) is 0 Å². The Kier molecular flexibility index (Phi) is 7.86. The van der Waals surface area contributed by atoms with Gasteiger partial charge in [-0.25, -0.2) is 0 Å². The Labute approximate surface area is 171 Å². The largest absolute Gasteiger partial charge is 0.390 e. The van der Waals surface area contributed by atoms with Gasteiger partial charge in [0.05, 0.1) is 18.4 Å². The van der Waals surface area contributed by atoms with Crippen LogP contribution in [0.1, 0.15) is 24.5 Å². The molecule has 0 amide bonds. The molecule has 1 aliphatic heterocycles. The zero-order valence-corrected chi connectivity index (χ0v) is 16.9. The fourth-order valence-electron chi connectivity index (χ4n) is 3.28. The van der Waals surface area contributed by atoms with Crippen LogP contribution in [-0.2, 0) is 16.1 Å². The first-order valence-electron chi connectivity index (χ1n) is 9.64. The van der Waals surface area contributed by atoms with E-state index in [4.69, 9.17) is 21.2 Å². The maximum absolute atomic E-state index is 10.3. The van der Waals surface area contributed by atoms with Crippen molar-refractivity contribution in [2.75, 3.05) is 26.3 Å². The number of oxime groups is 1. The van der Waals surface area contributed by atoms with E-state index in [0.29, 0.717) is 31.3 Å². The molecule has 0 unspecified atom stereocenters. The van der Waals surface area contributed by atoms with E-state index in [1.807, 2.05) is 49.4 Å². The monoisotopic (exact) mass is 402 g/mol. The number of aliphatic hydroxyl groups excluding tert-OH is 1. The average Bonchev–Trinajstić information content (AvgIpc) is 3.16. The van der Waals surface area contributed by atoms with E-state index in [2.05, 4.69) is 22.2 Å². The fourth-order valence-corrected chi connectivity index (χ4v) is 3.40. The molecule has 2 aromatic rings. The molecule has 0 bridgehead atoms. The third-order valence-electron chi connectivity index (χ3n) is 4.60. The van der Waals surface area contributed by atoms with E-state index in [0.717, 1.165) is 24.2 Å². The van der Waals surface area contributed by atoms with E-state index in [9.17, 15) is 5.11 Å². The van der Waals surface area contributed by atoms with Crippen molar-refractivity contribution in [3.63, 3.8) is 0 Å². The van der Waals surface area contributed by atoms with Crippen LogP contribution < -0.4 is 0 Å². The first kappa shape index (κ1) is 20.8. The van der Waals surface area contributed by atoms with Crippen molar-refractivity contribution in [3.8, 4) is 0 Å². The Morgan fingerprint density at radius 3 is 2.68 bits per heavy atom. The SMILES string of the molecule is CCOC[C@@H](O)CN(Cc1ccccc1)C[C@H]1CC(c2ccc(Cl)cc2)=NO1. The summed E-state index contributed by atoms with van der Waals surface area (Å²) in [7, 11) is 0. The third kappa shape index (κ3) is 6.31. The number of hydrogen-bond donors (Lipinski definition) is 1. The summed E-state index contributed by atoms with van der Waals surface area (Å²) in [6.07, 6.45) is 0.143. The van der Waals surface area contributed by atoms with Gasteiger partial charge in [-0.05, 0) is 30.2 Å². The van der Waals surface area contributed by atoms with E-state index in [1.54, 1.807) is 0 Å². The van der Waals surface area contributed by atoms with Crippen LogP contribution in [0.5, 0.6) is 0 Å². The number of rotatable bonds is 10. The zero-order valence-electron chi connectivity index (χ0n) is 16.1. The molecule has 0 radical (unpaired) electrons. The molecule has 3 rings (SSSR count). The van der Waals surface area contributed by atoms with Crippen molar-refractivity contribution < 1.29 is 14.7 Å². The van der Waals surface area contributed by atoms with Crippen LogP contribution in [0.15, 0.2) is 59.8 Å². The topological polar surface area (TPSA) is 54.3 Å². The van der Waals surface area contributed by atoms with Gasteiger partial charge in [0, 0.05) is 37.7 Å². The highest BCUT2D eigenvalue weighted by molar-refractivity contribution is 6.30. The van der Waals surface area contributed by atoms with E-state index in [1.165, 1.54) is 5.56 Å². The summed E-state index contributed by atoms with van der Waals surface area (Å²) in [5.41, 5.74) is 3.15. The lowest BCUT2D eigenvalue weighted by molar-refractivity contribution is 0.000495. The Balaban J connectivity index is 1.60. The van der Waals surface area contributed by atoms with Gasteiger partial charge in [0.15, 0.2) is 0 Å². The van der Waals surface area contributed by atoms with Crippen LogP contribution >= 0.6 is 11.6 Å². The molecule has 2 atom stereocenters. The highest BCUT2D eigenvalue weighted by Gasteiger charge is 2.25. The molecule has 0 spiro atoms. The van der Waals surface area contributed by atoms with E-state index in [-0.39, 0.29) is 6.10 Å². The van der Waals surface area contributed by atoms with Crippen LogP contribution in [0.3, 0.4) is 0 Å². The van der Waals surface area contributed by atoms with E-state index < -0.39 is 6.10 Å². The lowest BCUT2D eigenvalue weighted by Gasteiger charge is -2.27. The Hall–Kier alpha value is -1.92. The van der Waals surface area contributed by atoms with Gasteiger partial charge < -0.3 is 14.7 Å². The normalized spacial score (nSPS) is 17.4. The predicted octanol–water partition coefficient (Wildman–Crippen LogP) is 3.73. The molecule has 28 heavy (non-hydrogen) atoms. The summed E-state index contributed by atoms with van der Waals surface area (Å²) in [4.78, 5) is 7.88. The number of halogens is 1. The van der Waals surface area contributed by atoms with Crippen molar-refractivity contribution in [1.82, 2.24) is 4.90 Å². The van der Waals surface area contributed by atoms with Crippen molar-refractivity contribution >= 4 is 17.3 Å². The van der Waals surface area contributed by atoms with Gasteiger partial charge in [-0.15, -0.1) is 0 Å². The molecule has 6 heteroatoms. The molecular weight excluding hydrogens is 376 g/mol. The van der Waals surface area contributed by atoms with Crippen molar-refractivity contribution in [2.45, 2.75) is 32.1 Å². The summed E-state index contributed by atoms with van der Waals surface area (Å²) in [5, 5.41) is 15.3. The molecule has 1 aliphatic rings. The van der Waals surface area contributed by atoms with Gasteiger partial charge in [0.1, 0.15) is 6.10 Å². The van der Waals surface area contributed by atoms with Crippen LogP contribution in [-0.4, -0.2) is 54.2 Å². The third-order valence-corrected chi connectivity index (χ3v) is 4.86. The molecule has 0 aliphatic carbocycles. The molecule has 5 nitrogen and oxygen atoms in total. The Morgan fingerprint density at radius 1 is 1.21 bits per heavy atom. The number of benzene rings is 2. The maximum atomic E-state index is 10.3. The molecule has 0 saturated carbocycles. The standard InChI is InChI=1S/C22H27ClN2O3/c1-2-27-16-20(26)14-25(13-17-6-4-3-5-7-17)15-21-12-22(24-28-21)18-8-10-19(23)11-9-18/h3-11,20-21,26H,2,12-16H2,1H3/t20-,21+/m0/s1. The van der Waals surface area contributed by atoms with Crippen LogP contribution in [0.2, 0.25) is 5.02 Å². The molecule has 0 fully saturated rings. The lowest BCUT2D eigenvalue weighted by Crippen LogP contribution is -2.39. The minimum atomic E-state index is -0.540. The smallest absolute Gasteiger partial charge is 0.145 e. The molecule has 0 aromatic heterocycles. The molecular formula is C22H27ClN2O3. The van der Waals surface area contributed by atoms with Gasteiger partial charge in [-0.1, -0.05) is 59.2 Å². The average molecular weight is 403 g/mol. The molecule has 150 valence electrons. The molecule has 2 aromatic carbocycles. The van der Waals surface area contributed by atoms with Gasteiger partial charge in [-0.2, -0.15) is 0 Å². The van der Waals surface area contributed by atoms with Crippen LogP contribution in [0, 0.1) is 0 Å². The van der Waals surface area contributed by atoms with Crippen molar-refractivity contribution in [3.05, 3.63) is 70.7 Å². The minimum Gasteiger partial charge on any atom is -0.390 e. The Bertz CT molecular complexity index is 752. The van der Waals surface area contributed by atoms with Gasteiger partial charge in [-0.3, -0.25) is 4.90 Å². The summed E-state index contributed by atoms with van der Waals surface area (Å²) in [5.74, 6) is 0. The quantitative estimate of drug-likeness (QED) is 0.657. The maximum Gasteiger partial charge on any atom is 0.145 e. The van der Waals surface area contributed by atoms with Crippen LogP contribution in [0.25, 0.3) is 0 Å². The summed E-state index contributed by atoms with van der Waals surface area (Å²) in [6, 6.07) is 17.9.